The van der Waals surface area contributed by atoms with E-state index in [2.05, 4.69) is 9.97 Å². The number of hydrogen-bond acceptors (Lipinski definition) is 5. The maximum Gasteiger partial charge on any atom is 0.272 e. The summed E-state index contributed by atoms with van der Waals surface area (Å²) < 4.78 is 5.35. The van der Waals surface area contributed by atoms with Crippen LogP contribution in [0, 0.1) is 0 Å². The highest BCUT2D eigenvalue weighted by Gasteiger charge is 2.19. The molecule has 0 saturated heterocycles. The van der Waals surface area contributed by atoms with Crippen molar-refractivity contribution in [3.63, 3.8) is 0 Å². The van der Waals surface area contributed by atoms with Gasteiger partial charge in [-0.25, -0.2) is 9.97 Å². The fourth-order valence-electron chi connectivity index (χ4n) is 0.935. The molecular formula is C10H16N4O2. The fourth-order valence-corrected chi connectivity index (χ4v) is 0.935. The van der Waals surface area contributed by atoms with Gasteiger partial charge < -0.3 is 16.2 Å². The van der Waals surface area contributed by atoms with Gasteiger partial charge in [-0.3, -0.25) is 4.79 Å². The summed E-state index contributed by atoms with van der Waals surface area (Å²) in [5.74, 6) is -0.543. The van der Waals surface area contributed by atoms with E-state index in [1.54, 1.807) is 0 Å². The average Bonchev–Trinajstić information content (AvgIpc) is 2.27. The number of primary amides is 1. The first-order chi connectivity index (χ1) is 7.46. The summed E-state index contributed by atoms with van der Waals surface area (Å²) in [4.78, 5) is 18.7. The highest BCUT2D eigenvalue weighted by molar-refractivity contribution is 5.92. The van der Waals surface area contributed by atoms with Gasteiger partial charge in [-0.1, -0.05) is 6.92 Å². The predicted molar refractivity (Wildman–Crippen MR) is 58.9 cm³/mol. The van der Waals surface area contributed by atoms with Gasteiger partial charge in [0.25, 0.3) is 5.91 Å². The topological polar surface area (TPSA) is 104 Å². The van der Waals surface area contributed by atoms with Gasteiger partial charge in [0.2, 0.25) is 5.88 Å². The smallest absolute Gasteiger partial charge is 0.272 e. The van der Waals surface area contributed by atoms with E-state index < -0.39 is 11.4 Å². The second-order valence-corrected chi connectivity index (χ2v) is 3.87. The minimum Gasteiger partial charge on any atom is -0.474 e. The van der Waals surface area contributed by atoms with Crippen molar-refractivity contribution in [2.24, 2.45) is 11.5 Å². The molecule has 0 aliphatic rings. The first-order valence-electron chi connectivity index (χ1n) is 4.99. The van der Waals surface area contributed by atoms with Crippen LogP contribution in [0.1, 0.15) is 30.8 Å². The molecule has 1 unspecified atom stereocenters. The quantitative estimate of drug-likeness (QED) is 0.737. The molecule has 0 aliphatic heterocycles. The molecule has 0 radical (unpaired) electrons. The number of nitrogens with two attached hydrogens (primary N) is 2. The third kappa shape index (κ3) is 3.16. The van der Waals surface area contributed by atoms with Crippen LogP contribution in [-0.4, -0.2) is 28.0 Å². The van der Waals surface area contributed by atoms with E-state index in [0.717, 1.165) is 6.42 Å². The van der Waals surface area contributed by atoms with Crippen LogP contribution in [0.4, 0.5) is 0 Å². The van der Waals surface area contributed by atoms with Crippen LogP contribution in [0.3, 0.4) is 0 Å². The Morgan fingerprint density at radius 3 is 2.69 bits per heavy atom. The first kappa shape index (κ1) is 12.4. The molecule has 6 heteroatoms. The van der Waals surface area contributed by atoms with E-state index in [4.69, 9.17) is 16.2 Å². The van der Waals surface area contributed by atoms with Crippen LogP contribution in [0.25, 0.3) is 0 Å². The Bertz CT molecular complexity index is 379. The van der Waals surface area contributed by atoms with Crippen LogP contribution in [0.2, 0.25) is 0 Å². The Balaban J connectivity index is 2.78. The van der Waals surface area contributed by atoms with Crippen LogP contribution in [-0.2, 0) is 0 Å². The molecule has 1 aromatic heterocycles. The van der Waals surface area contributed by atoms with Crippen molar-refractivity contribution in [1.29, 1.82) is 0 Å². The summed E-state index contributed by atoms with van der Waals surface area (Å²) in [6.07, 6.45) is 3.56. The predicted octanol–water partition coefficient (Wildman–Crippen LogP) is 0.0817. The minimum absolute atomic E-state index is 0.0226. The first-order valence-corrected chi connectivity index (χ1v) is 4.99. The van der Waals surface area contributed by atoms with E-state index >= 15 is 0 Å². The molecule has 4 N–H and O–H groups in total. The number of hydrogen-bond donors (Lipinski definition) is 2. The standard InChI is InChI=1S/C10H16N4O2/c1-3-10(2,12)6-16-9-7(8(11)15)13-4-5-14-9/h4-5H,3,6,12H2,1-2H3,(H2,11,15). The lowest BCUT2D eigenvalue weighted by Crippen LogP contribution is -2.41. The van der Waals surface area contributed by atoms with Gasteiger partial charge in [0.05, 0.1) is 0 Å². The number of ether oxygens (including phenoxy) is 1. The lowest BCUT2D eigenvalue weighted by Gasteiger charge is -2.22. The Labute approximate surface area is 94.0 Å². The van der Waals surface area contributed by atoms with Crippen molar-refractivity contribution in [3.8, 4) is 5.88 Å². The Kier molecular flexibility index (Phi) is 3.78. The lowest BCUT2D eigenvalue weighted by molar-refractivity contribution is 0.0987. The van der Waals surface area contributed by atoms with E-state index in [1.807, 2.05) is 13.8 Å². The normalized spacial score (nSPS) is 14.2. The zero-order valence-electron chi connectivity index (χ0n) is 9.43. The summed E-state index contributed by atoms with van der Waals surface area (Å²) in [5.41, 5.74) is 10.6. The van der Waals surface area contributed by atoms with Crippen molar-refractivity contribution in [3.05, 3.63) is 18.1 Å². The summed E-state index contributed by atoms with van der Waals surface area (Å²) >= 11 is 0. The molecule has 1 heterocycles. The van der Waals surface area contributed by atoms with Gasteiger partial charge in [0.1, 0.15) is 6.61 Å². The Morgan fingerprint density at radius 2 is 2.12 bits per heavy atom. The van der Waals surface area contributed by atoms with E-state index in [-0.39, 0.29) is 18.2 Å². The number of carbonyl (C=O) groups excluding carboxylic acids is 1. The zero-order chi connectivity index (χ0) is 12.2. The highest BCUT2D eigenvalue weighted by atomic mass is 16.5. The summed E-state index contributed by atoms with van der Waals surface area (Å²) in [6, 6.07) is 0. The van der Waals surface area contributed by atoms with Gasteiger partial charge >= 0.3 is 0 Å². The molecule has 1 aromatic rings. The van der Waals surface area contributed by atoms with Gasteiger partial charge in [0, 0.05) is 17.9 Å². The van der Waals surface area contributed by atoms with Crippen molar-refractivity contribution < 1.29 is 9.53 Å². The van der Waals surface area contributed by atoms with Crippen molar-refractivity contribution in [1.82, 2.24) is 9.97 Å². The third-order valence-corrected chi connectivity index (χ3v) is 2.24. The minimum atomic E-state index is -0.668. The summed E-state index contributed by atoms with van der Waals surface area (Å²) in [6.45, 7) is 4.06. The molecule has 1 atom stereocenters. The van der Waals surface area contributed by atoms with Crippen LogP contribution < -0.4 is 16.2 Å². The van der Waals surface area contributed by atoms with Crippen molar-refractivity contribution in [2.45, 2.75) is 25.8 Å². The summed E-state index contributed by atoms with van der Waals surface area (Å²) in [7, 11) is 0. The van der Waals surface area contributed by atoms with E-state index in [1.165, 1.54) is 12.4 Å². The molecule has 0 aliphatic carbocycles. The molecule has 0 aromatic carbocycles. The number of aromatic nitrogens is 2. The van der Waals surface area contributed by atoms with Gasteiger partial charge in [0.15, 0.2) is 5.69 Å². The fraction of sp³-hybridized carbons (Fsp3) is 0.500. The van der Waals surface area contributed by atoms with Gasteiger partial charge in [-0.15, -0.1) is 0 Å². The molecular weight excluding hydrogens is 208 g/mol. The second-order valence-electron chi connectivity index (χ2n) is 3.87. The average molecular weight is 224 g/mol. The SMILES string of the molecule is CCC(C)(N)COc1nccnc1C(N)=O. The molecule has 0 bridgehead atoms. The second kappa shape index (κ2) is 4.89. The van der Waals surface area contributed by atoms with Crippen molar-refractivity contribution in [2.75, 3.05) is 6.61 Å². The Morgan fingerprint density at radius 1 is 1.50 bits per heavy atom. The molecule has 0 fully saturated rings. The number of rotatable bonds is 5. The van der Waals surface area contributed by atoms with E-state index in [0.29, 0.717) is 0 Å². The molecule has 0 spiro atoms. The number of amides is 1. The van der Waals surface area contributed by atoms with Crippen LogP contribution in [0.15, 0.2) is 12.4 Å². The third-order valence-electron chi connectivity index (χ3n) is 2.24. The molecule has 0 saturated carbocycles. The lowest BCUT2D eigenvalue weighted by atomic mass is 10.0. The molecule has 16 heavy (non-hydrogen) atoms. The van der Waals surface area contributed by atoms with Gasteiger partial charge in [-0.2, -0.15) is 0 Å². The highest BCUT2D eigenvalue weighted by Crippen LogP contribution is 2.13. The molecule has 6 nitrogen and oxygen atoms in total. The molecule has 88 valence electrons. The van der Waals surface area contributed by atoms with Crippen LogP contribution >= 0.6 is 0 Å². The number of nitrogens with zero attached hydrogens (tertiary/aromatic N) is 2. The largest absolute Gasteiger partial charge is 0.474 e. The molecule has 1 rings (SSSR count). The summed E-state index contributed by atoms with van der Waals surface area (Å²) in [5, 5.41) is 0. The maximum atomic E-state index is 11.0. The van der Waals surface area contributed by atoms with Crippen LogP contribution in [0.5, 0.6) is 5.88 Å². The van der Waals surface area contributed by atoms with Crippen molar-refractivity contribution >= 4 is 5.91 Å². The monoisotopic (exact) mass is 224 g/mol. The van der Waals surface area contributed by atoms with E-state index in [9.17, 15) is 4.79 Å². The van der Waals surface area contributed by atoms with Gasteiger partial charge in [-0.05, 0) is 13.3 Å². The molecule has 1 amide bonds. The zero-order valence-corrected chi connectivity index (χ0v) is 9.43. The number of carbonyl (C=O) groups is 1. The maximum absolute atomic E-state index is 11.0. The Hall–Kier alpha value is -1.69.